The molecule has 4 aromatic rings. The molecule has 2 fully saturated rings. The lowest BCUT2D eigenvalue weighted by atomic mass is 10.1. The molecule has 0 bridgehead atoms. The largest absolute Gasteiger partial charge is 0.368 e. The lowest BCUT2D eigenvalue weighted by Gasteiger charge is -2.19. The molecule has 2 N–H and O–H groups in total. The Morgan fingerprint density at radius 3 is 2.45 bits per heavy atom. The van der Waals surface area contributed by atoms with Crippen LogP contribution in [0, 0.1) is 12.8 Å². The van der Waals surface area contributed by atoms with Crippen LogP contribution in [0.15, 0.2) is 34.2 Å². The smallest absolute Gasteiger partial charge is 0.274 e. The van der Waals surface area contributed by atoms with Crippen molar-refractivity contribution in [3.05, 3.63) is 57.7 Å². The number of aryl methyl sites for hydroxylation is 3. The van der Waals surface area contributed by atoms with E-state index >= 15 is 0 Å². The zero-order valence-electron chi connectivity index (χ0n) is 22.8. The van der Waals surface area contributed by atoms with Gasteiger partial charge in [0.05, 0.1) is 33.8 Å². The number of fused-ring (bicyclic) bond motifs is 1. The third-order valence-electron chi connectivity index (χ3n) is 7.89. The van der Waals surface area contributed by atoms with Gasteiger partial charge in [-0.25, -0.2) is 33.3 Å². The Hall–Kier alpha value is -3.80. The first-order chi connectivity index (χ1) is 19.2. The zero-order chi connectivity index (χ0) is 28.2. The number of rotatable bonds is 9. The molecule has 208 valence electrons. The van der Waals surface area contributed by atoms with Gasteiger partial charge in [0.1, 0.15) is 11.2 Å². The Kier molecular flexibility index (Phi) is 6.60. The number of nitrogens with zero attached hydrogens (tertiary/aromatic N) is 7. The predicted octanol–water partition coefficient (Wildman–Crippen LogP) is 3.36. The maximum Gasteiger partial charge on any atom is 0.274 e. The second kappa shape index (κ2) is 9.99. The van der Waals surface area contributed by atoms with Gasteiger partial charge in [0.25, 0.3) is 5.56 Å². The van der Waals surface area contributed by atoms with Crippen LogP contribution in [0.25, 0.3) is 22.6 Å². The monoisotopic (exact) mass is 560 g/mol. The van der Waals surface area contributed by atoms with E-state index < -0.39 is 9.84 Å². The molecule has 12 heteroatoms. The molecule has 0 spiro atoms. The first kappa shape index (κ1) is 26.4. The molecule has 6 rings (SSSR count). The second-order valence-electron chi connectivity index (χ2n) is 10.8. The fourth-order valence-electron chi connectivity index (χ4n) is 5.20. The number of nitrogen functional groups attached to an aromatic ring is 1. The normalized spacial score (nSPS) is 16.4. The highest BCUT2D eigenvalue weighted by Crippen LogP contribution is 2.44. The molecule has 0 unspecified atom stereocenters. The van der Waals surface area contributed by atoms with Crippen molar-refractivity contribution in [1.82, 2.24) is 34.5 Å². The van der Waals surface area contributed by atoms with Gasteiger partial charge in [-0.2, -0.15) is 0 Å². The van der Waals surface area contributed by atoms with Crippen molar-refractivity contribution in [1.29, 1.82) is 0 Å². The van der Waals surface area contributed by atoms with Crippen LogP contribution < -0.4 is 11.3 Å². The summed E-state index contributed by atoms with van der Waals surface area (Å²) < 4.78 is 26.0. The predicted molar refractivity (Wildman–Crippen MR) is 151 cm³/mol. The van der Waals surface area contributed by atoms with Crippen LogP contribution in [0.4, 0.5) is 5.95 Å². The molecule has 11 nitrogen and oxygen atoms in total. The highest BCUT2D eigenvalue weighted by Gasteiger charge is 2.33. The summed E-state index contributed by atoms with van der Waals surface area (Å²) in [4.78, 5) is 41.5. The summed E-state index contributed by atoms with van der Waals surface area (Å²) in [5.41, 5.74) is 10.3. The molecular formula is C28H32N8O3S. The summed E-state index contributed by atoms with van der Waals surface area (Å²) in [6.07, 6.45) is 8.07. The van der Waals surface area contributed by atoms with Crippen LogP contribution in [0.2, 0.25) is 0 Å². The van der Waals surface area contributed by atoms with Crippen molar-refractivity contribution in [2.45, 2.75) is 76.2 Å². The first-order valence-electron chi connectivity index (χ1n) is 13.8. The van der Waals surface area contributed by atoms with Gasteiger partial charge in [-0.1, -0.05) is 6.92 Å². The van der Waals surface area contributed by atoms with Gasteiger partial charge in [-0.05, 0) is 64.0 Å². The summed E-state index contributed by atoms with van der Waals surface area (Å²) in [5.74, 6) is 1.46. The highest BCUT2D eigenvalue weighted by molar-refractivity contribution is 7.91. The SMILES string of the molecule is CCS(=O)(=O)c1ccc(CCc2nc3cnc(-c4c(C)nc(N)nc4C4CC4)nc3n([C@H](C)C3CC3)c2=O)nc1. The molecule has 2 saturated carbocycles. The Labute approximate surface area is 232 Å². The number of anilines is 1. The van der Waals surface area contributed by atoms with E-state index in [0.29, 0.717) is 58.7 Å². The molecule has 2 aliphatic carbocycles. The van der Waals surface area contributed by atoms with Gasteiger partial charge in [0.15, 0.2) is 21.3 Å². The lowest BCUT2D eigenvalue weighted by Crippen LogP contribution is -2.30. The minimum Gasteiger partial charge on any atom is -0.368 e. The van der Waals surface area contributed by atoms with Crippen LogP contribution in [-0.4, -0.2) is 48.6 Å². The molecule has 0 aliphatic heterocycles. The number of aromatic nitrogens is 7. The van der Waals surface area contributed by atoms with Gasteiger partial charge in [0, 0.05) is 30.3 Å². The van der Waals surface area contributed by atoms with E-state index in [1.54, 1.807) is 29.8 Å². The summed E-state index contributed by atoms with van der Waals surface area (Å²) in [5, 5.41) is 0. The topological polar surface area (TPSA) is 160 Å². The maximum atomic E-state index is 13.8. The third-order valence-corrected chi connectivity index (χ3v) is 9.61. The van der Waals surface area contributed by atoms with E-state index in [-0.39, 0.29) is 28.2 Å². The van der Waals surface area contributed by atoms with Crippen molar-refractivity contribution in [2.24, 2.45) is 5.92 Å². The summed E-state index contributed by atoms with van der Waals surface area (Å²) >= 11 is 0. The number of hydrogen-bond acceptors (Lipinski definition) is 10. The van der Waals surface area contributed by atoms with Crippen molar-refractivity contribution in [3.63, 3.8) is 0 Å². The van der Waals surface area contributed by atoms with E-state index in [1.165, 1.54) is 6.20 Å². The number of hydrogen-bond donors (Lipinski definition) is 1. The molecule has 2 aliphatic rings. The molecule has 0 radical (unpaired) electrons. The number of sulfone groups is 1. The average molecular weight is 561 g/mol. The maximum absolute atomic E-state index is 13.8. The van der Waals surface area contributed by atoms with Crippen molar-refractivity contribution >= 4 is 26.9 Å². The summed E-state index contributed by atoms with van der Waals surface area (Å²) in [6, 6.07) is 3.22. The molecule has 1 atom stereocenters. The van der Waals surface area contributed by atoms with Crippen molar-refractivity contribution in [2.75, 3.05) is 11.5 Å². The first-order valence-corrected chi connectivity index (χ1v) is 15.4. The molecular weight excluding hydrogens is 528 g/mol. The van der Waals surface area contributed by atoms with Gasteiger partial charge < -0.3 is 5.73 Å². The van der Waals surface area contributed by atoms with E-state index in [2.05, 4.69) is 26.9 Å². The molecule has 0 amide bonds. The van der Waals surface area contributed by atoms with Gasteiger partial charge in [-0.3, -0.25) is 14.3 Å². The average Bonchev–Trinajstić information content (AvgIpc) is 3.85. The molecule has 40 heavy (non-hydrogen) atoms. The van der Waals surface area contributed by atoms with Crippen molar-refractivity contribution in [3.8, 4) is 11.4 Å². The van der Waals surface area contributed by atoms with Crippen LogP contribution in [0.3, 0.4) is 0 Å². The van der Waals surface area contributed by atoms with Gasteiger partial charge in [0.2, 0.25) is 5.95 Å². The molecule has 4 aromatic heterocycles. The Morgan fingerprint density at radius 1 is 1.02 bits per heavy atom. The fraction of sp³-hybridized carbons (Fsp3) is 0.464. The third kappa shape index (κ3) is 4.96. The zero-order valence-corrected chi connectivity index (χ0v) is 23.6. The number of nitrogens with two attached hydrogens (primary N) is 1. The lowest BCUT2D eigenvalue weighted by molar-refractivity contribution is 0.478. The van der Waals surface area contributed by atoms with E-state index in [0.717, 1.165) is 36.9 Å². The minimum atomic E-state index is -3.32. The van der Waals surface area contributed by atoms with Crippen LogP contribution in [0.5, 0.6) is 0 Å². The Bertz CT molecular complexity index is 1780. The Morgan fingerprint density at radius 2 is 1.80 bits per heavy atom. The van der Waals surface area contributed by atoms with E-state index in [1.807, 2.05) is 6.92 Å². The van der Waals surface area contributed by atoms with Crippen LogP contribution in [0.1, 0.15) is 74.3 Å². The Balaban J connectivity index is 1.39. The second-order valence-corrected chi connectivity index (χ2v) is 13.1. The molecule has 4 heterocycles. The van der Waals surface area contributed by atoms with Gasteiger partial charge in [-0.15, -0.1) is 0 Å². The van der Waals surface area contributed by atoms with Gasteiger partial charge >= 0.3 is 0 Å². The van der Waals surface area contributed by atoms with E-state index in [4.69, 9.17) is 15.7 Å². The fourth-order valence-corrected chi connectivity index (χ4v) is 6.03. The van der Waals surface area contributed by atoms with Crippen LogP contribution >= 0.6 is 0 Å². The molecule has 0 saturated heterocycles. The quantitative estimate of drug-likeness (QED) is 0.321. The van der Waals surface area contributed by atoms with E-state index in [9.17, 15) is 13.2 Å². The highest BCUT2D eigenvalue weighted by atomic mass is 32.2. The standard InChI is InChI=1S/C28H32N8O3S/c1-4-40(38,39)20-11-9-19(30-13-20)10-12-21-27(37)36(16(3)17-5-6-17)26-22(33-21)14-31-25(35-26)23-15(2)32-28(29)34-24(23)18-7-8-18/h9,11,13-14,16-18H,4-8,10,12H2,1-3H3,(H2,29,32,34)/t16-/m1/s1. The summed E-state index contributed by atoms with van der Waals surface area (Å²) in [7, 11) is -3.32. The number of pyridine rings is 1. The summed E-state index contributed by atoms with van der Waals surface area (Å²) in [6.45, 7) is 5.55. The van der Waals surface area contributed by atoms with Crippen LogP contribution in [-0.2, 0) is 22.7 Å². The molecule has 0 aromatic carbocycles. The van der Waals surface area contributed by atoms with Crippen molar-refractivity contribution < 1.29 is 8.42 Å². The minimum absolute atomic E-state index is 0.0182.